The molecule has 1 aromatic heterocycles. The molecule has 0 saturated heterocycles. The van der Waals surface area contributed by atoms with E-state index in [9.17, 15) is 18.0 Å². The molecule has 2 aromatic rings. The van der Waals surface area contributed by atoms with Crippen molar-refractivity contribution in [1.82, 2.24) is 15.3 Å². The highest BCUT2D eigenvalue weighted by Gasteiger charge is 2.36. The summed E-state index contributed by atoms with van der Waals surface area (Å²) in [5.41, 5.74) is 0.188. The zero-order valence-electron chi connectivity index (χ0n) is 17.4. The number of carbonyl (C=O) groups is 1. The molecular formula is C22H24F3N3O3. The molecule has 6 nitrogen and oxygen atoms in total. The van der Waals surface area contributed by atoms with Gasteiger partial charge in [0.05, 0.1) is 0 Å². The third-order valence-electron chi connectivity index (χ3n) is 5.16. The molecule has 4 rings (SSSR count). The van der Waals surface area contributed by atoms with Crippen molar-refractivity contribution in [2.24, 2.45) is 0 Å². The number of nitrogens with zero attached hydrogens (tertiary/aromatic N) is 2. The van der Waals surface area contributed by atoms with Gasteiger partial charge in [-0.1, -0.05) is 12.1 Å². The van der Waals surface area contributed by atoms with Crippen molar-refractivity contribution in [3.8, 4) is 11.5 Å². The number of ether oxygens (including phenoxy) is 2. The Labute approximate surface area is 178 Å². The van der Waals surface area contributed by atoms with Crippen molar-refractivity contribution in [2.75, 3.05) is 13.2 Å². The summed E-state index contributed by atoms with van der Waals surface area (Å²) >= 11 is 0. The van der Waals surface area contributed by atoms with E-state index in [4.69, 9.17) is 9.47 Å². The Kier molecular flexibility index (Phi) is 5.53. The summed E-state index contributed by atoms with van der Waals surface area (Å²) in [7, 11) is 0. The molecule has 2 heterocycles. The van der Waals surface area contributed by atoms with Crippen LogP contribution in [-0.4, -0.2) is 34.6 Å². The summed E-state index contributed by atoms with van der Waals surface area (Å²) in [4.78, 5) is 20.0. The van der Waals surface area contributed by atoms with E-state index in [0.29, 0.717) is 17.2 Å². The van der Waals surface area contributed by atoms with E-state index in [2.05, 4.69) is 15.3 Å². The van der Waals surface area contributed by atoms with E-state index in [0.717, 1.165) is 30.9 Å². The maximum absolute atomic E-state index is 13.1. The van der Waals surface area contributed by atoms with Crippen molar-refractivity contribution < 1.29 is 27.4 Å². The first kappa shape index (κ1) is 21.4. The van der Waals surface area contributed by atoms with Crippen molar-refractivity contribution in [3.63, 3.8) is 0 Å². The smallest absolute Gasteiger partial charge is 0.433 e. The average Bonchev–Trinajstić information content (AvgIpc) is 3.47. The van der Waals surface area contributed by atoms with Crippen LogP contribution >= 0.6 is 0 Å². The lowest BCUT2D eigenvalue weighted by Gasteiger charge is -2.18. The molecule has 1 N–H and O–H groups in total. The number of halogens is 3. The van der Waals surface area contributed by atoms with Gasteiger partial charge in [-0.25, -0.2) is 9.97 Å². The second-order valence-corrected chi connectivity index (χ2v) is 8.54. The molecule has 166 valence electrons. The molecule has 1 amide bonds. The summed E-state index contributed by atoms with van der Waals surface area (Å²) in [5.74, 6) is 0.906. The Hall–Kier alpha value is -2.84. The fraction of sp³-hybridized carbons (Fsp3) is 0.500. The summed E-state index contributed by atoms with van der Waals surface area (Å²) in [6.45, 7) is 3.85. The summed E-state index contributed by atoms with van der Waals surface area (Å²) < 4.78 is 50.8. The van der Waals surface area contributed by atoms with E-state index in [1.54, 1.807) is 6.07 Å². The highest BCUT2D eigenvalue weighted by molar-refractivity contribution is 5.77. The Morgan fingerprint density at radius 2 is 2.06 bits per heavy atom. The van der Waals surface area contributed by atoms with Gasteiger partial charge in [0.2, 0.25) is 0 Å². The van der Waals surface area contributed by atoms with Gasteiger partial charge in [0.15, 0.2) is 18.1 Å². The third kappa shape index (κ3) is 5.26. The van der Waals surface area contributed by atoms with Crippen LogP contribution in [0.25, 0.3) is 0 Å². The van der Waals surface area contributed by atoms with Crippen LogP contribution in [0, 0.1) is 0 Å². The summed E-state index contributed by atoms with van der Waals surface area (Å²) in [6.07, 6.45) is -1.98. The van der Waals surface area contributed by atoms with E-state index in [-0.39, 0.29) is 42.8 Å². The fourth-order valence-corrected chi connectivity index (χ4v) is 3.57. The number of hydrogen-bond donors (Lipinski definition) is 1. The minimum atomic E-state index is -4.52. The van der Waals surface area contributed by atoms with Gasteiger partial charge in [-0.3, -0.25) is 4.79 Å². The highest BCUT2D eigenvalue weighted by Crippen LogP contribution is 2.42. The van der Waals surface area contributed by atoms with E-state index in [1.165, 1.54) is 0 Å². The Morgan fingerprint density at radius 3 is 2.77 bits per heavy atom. The largest absolute Gasteiger partial charge is 0.483 e. The maximum Gasteiger partial charge on any atom is 0.433 e. The summed E-state index contributed by atoms with van der Waals surface area (Å²) in [5, 5.41) is 2.64. The molecule has 0 radical (unpaired) electrons. The normalized spacial score (nSPS) is 17.1. The molecular weight excluding hydrogens is 411 g/mol. The van der Waals surface area contributed by atoms with Crippen molar-refractivity contribution >= 4 is 5.91 Å². The third-order valence-corrected chi connectivity index (χ3v) is 5.16. The molecule has 1 aromatic carbocycles. The van der Waals surface area contributed by atoms with E-state index < -0.39 is 11.9 Å². The predicted octanol–water partition coefficient (Wildman–Crippen LogP) is 3.82. The van der Waals surface area contributed by atoms with Crippen molar-refractivity contribution in [2.45, 2.75) is 57.2 Å². The van der Waals surface area contributed by atoms with Crippen LogP contribution in [0.1, 0.15) is 55.4 Å². The number of fused-ring (bicyclic) bond motifs is 1. The maximum atomic E-state index is 13.1. The van der Waals surface area contributed by atoms with Gasteiger partial charge in [-0.2, -0.15) is 13.2 Å². The second-order valence-electron chi connectivity index (χ2n) is 8.54. The van der Waals surface area contributed by atoms with Gasteiger partial charge in [-0.15, -0.1) is 0 Å². The second kappa shape index (κ2) is 8.01. The monoisotopic (exact) mass is 435 g/mol. The average molecular weight is 435 g/mol. The Morgan fingerprint density at radius 1 is 1.29 bits per heavy atom. The highest BCUT2D eigenvalue weighted by atomic mass is 19.4. The van der Waals surface area contributed by atoms with Crippen LogP contribution in [0.3, 0.4) is 0 Å². The van der Waals surface area contributed by atoms with Crippen LogP contribution in [0.2, 0.25) is 0 Å². The number of amides is 1. The Balaban J connectivity index is 1.31. The van der Waals surface area contributed by atoms with Crippen LogP contribution in [0.4, 0.5) is 13.2 Å². The van der Waals surface area contributed by atoms with Gasteiger partial charge in [-0.05, 0) is 38.8 Å². The molecule has 0 atom stereocenters. The zero-order valence-corrected chi connectivity index (χ0v) is 17.4. The lowest BCUT2D eigenvalue weighted by molar-refractivity contribution is -0.141. The van der Waals surface area contributed by atoms with Crippen LogP contribution < -0.4 is 14.8 Å². The minimum Gasteiger partial charge on any atom is -0.483 e. The number of hydrogen-bond acceptors (Lipinski definition) is 5. The minimum absolute atomic E-state index is 0.0747. The number of aromatic nitrogens is 2. The molecule has 2 aliphatic rings. The van der Waals surface area contributed by atoms with Gasteiger partial charge >= 0.3 is 6.18 Å². The topological polar surface area (TPSA) is 73.3 Å². The molecule has 0 bridgehead atoms. The molecule has 9 heteroatoms. The molecule has 0 unspecified atom stereocenters. The van der Waals surface area contributed by atoms with Gasteiger partial charge < -0.3 is 14.8 Å². The molecule has 1 aliphatic carbocycles. The first-order valence-corrected chi connectivity index (χ1v) is 10.3. The van der Waals surface area contributed by atoms with Crippen molar-refractivity contribution in [1.29, 1.82) is 0 Å². The van der Waals surface area contributed by atoms with Gasteiger partial charge in [0, 0.05) is 36.6 Å². The zero-order chi connectivity index (χ0) is 22.2. The standard InChI is InChI=1S/C22H24F3N3O3/c1-21(2)11-14-4-3-5-16(20(14)31-21)30-12-19(29)26-9-8-18-27-15(13-6-7-13)10-17(28-18)22(23,24)25/h3-5,10,13H,6-9,11-12H2,1-2H3,(H,26,29). The molecule has 0 spiro atoms. The number of carbonyl (C=O) groups excluding carboxylic acids is 1. The van der Waals surface area contributed by atoms with Gasteiger partial charge in [0.25, 0.3) is 5.91 Å². The molecule has 1 saturated carbocycles. The SMILES string of the molecule is CC1(C)Cc2cccc(OCC(=O)NCCc3nc(C4CC4)cc(C(F)(F)F)n3)c2O1. The lowest BCUT2D eigenvalue weighted by Crippen LogP contribution is -2.31. The molecule has 1 fully saturated rings. The number of benzene rings is 1. The summed E-state index contributed by atoms with van der Waals surface area (Å²) in [6, 6.07) is 6.57. The number of para-hydroxylation sites is 1. The predicted molar refractivity (Wildman–Crippen MR) is 106 cm³/mol. The lowest BCUT2D eigenvalue weighted by atomic mass is 10.0. The van der Waals surface area contributed by atoms with Crippen molar-refractivity contribution in [3.05, 3.63) is 47.0 Å². The number of nitrogens with one attached hydrogen (secondary N) is 1. The van der Waals surface area contributed by atoms with Gasteiger partial charge in [0.1, 0.15) is 17.1 Å². The van der Waals surface area contributed by atoms with Crippen LogP contribution in [0.5, 0.6) is 11.5 Å². The molecule has 1 aliphatic heterocycles. The number of rotatable bonds is 7. The van der Waals surface area contributed by atoms with E-state index >= 15 is 0 Å². The molecule has 31 heavy (non-hydrogen) atoms. The first-order valence-electron chi connectivity index (χ1n) is 10.3. The number of alkyl halides is 3. The Bertz CT molecular complexity index is 988. The van der Waals surface area contributed by atoms with Crippen LogP contribution in [-0.2, 0) is 23.8 Å². The first-order chi connectivity index (χ1) is 14.6. The quantitative estimate of drug-likeness (QED) is 0.716. The fourth-order valence-electron chi connectivity index (χ4n) is 3.57. The van der Waals surface area contributed by atoms with E-state index in [1.807, 2.05) is 26.0 Å². The van der Waals surface area contributed by atoms with Crippen LogP contribution in [0.15, 0.2) is 24.3 Å².